The number of halogens is 1. The van der Waals surface area contributed by atoms with E-state index in [2.05, 4.69) is 4.90 Å². The highest BCUT2D eigenvalue weighted by molar-refractivity contribution is 5.66. The molecule has 1 aliphatic heterocycles. The first kappa shape index (κ1) is 14.8. The molecule has 0 amide bonds. The van der Waals surface area contributed by atoms with Gasteiger partial charge in [0.1, 0.15) is 11.6 Å². The van der Waals surface area contributed by atoms with Crippen molar-refractivity contribution in [2.45, 2.75) is 32.2 Å². The van der Waals surface area contributed by atoms with E-state index in [0.29, 0.717) is 18.0 Å². The summed E-state index contributed by atoms with van der Waals surface area (Å²) in [6, 6.07) is 3.99. The zero-order chi connectivity index (χ0) is 14.5. The van der Waals surface area contributed by atoms with Crippen LogP contribution in [-0.2, 0) is 11.3 Å². The van der Waals surface area contributed by atoms with Gasteiger partial charge in [-0.05, 0) is 56.5 Å². The molecule has 2 rings (SSSR count). The molecule has 0 unspecified atom stereocenters. The Morgan fingerprint density at radius 2 is 2.05 bits per heavy atom. The van der Waals surface area contributed by atoms with Crippen molar-refractivity contribution < 1.29 is 19.4 Å². The molecule has 4 nitrogen and oxygen atoms in total. The summed E-state index contributed by atoms with van der Waals surface area (Å²) in [4.78, 5) is 12.7. The maximum atomic E-state index is 13.2. The summed E-state index contributed by atoms with van der Waals surface area (Å²) in [6.45, 7) is 2.26. The lowest BCUT2D eigenvalue weighted by molar-refractivity contribution is -0.137. The van der Waals surface area contributed by atoms with Crippen LogP contribution in [-0.4, -0.2) is 34.2 Å². The van der Waals surface area contributed by atoms with Crippen molar-refractivity contribution in [3.05, 3.63) is 29.6 Å². The lowest BCUT2D eigenvalue weighted by Crippen LogP contribution is -2.33. The number of hydrogen-bond donors (Lipinski definition) is 2. The van der Waals surface area contributed by atoms with E-state index in [9.17, 15) is 14.3 Å². The molecule has 1 aromatic carbocycles. The number of aliphatic carboxylic acids is 1. The fraction of sp³-hybridized carbons (Fsp3) is 0.533. The highest BCUT2D eigenvalue weighted by Gasteiger charge is 2.20. The van der Waals surface area contributed by atoms with E-state index in [4.69, 9.17) is 5.11 Å². The Balaban J connectivity index is 1.82. The fourth-order valence-corrected chi connectivity index (χ4v) is 2.68. The Labute approximate surface area is 117 Å². The minimum absolute atomic E-state index is 0.124. The van der Waals surface area contributed by atoms with Gasteiger partial charge in [0.05, 0.1) is 0 Å². The Kier molecular flexibility index (Phi) is 4.95. The number of benzene rings is 1. The molecule has 110 valence electrons. The summed E-state index contributed by atoms with van der Waals surface area (Å²) in [5, 5.41) is 18.4. The van der Waals surface area contributed by atoms with Gasteiger partial charge < -0.3 is 10.2 Å². The first-order chi connectivity index (χ1) is 9.54. The van der Waals surface area contributed by atoms with Gasteiger partial charge in [-0.25, -0.2) is 4.39 Å². The van der Waals surface area contributed by atoms with Crippen LogP contribution < -0.4 is 0 Å². The number of phenolic OH excluding ortho intramolecular Hbond substituents is 1. The number of aromatic hydroxyl groups is 1. The second kappa shape index (κ2) is 6.70. The van der Waals surface area contributed by atoms with E-state index in [1.165, 1.54) is 18.2 Å². The summed E-state index contributed by atoms with van der Waals surface area (Å²) in [6.07, 6.45) is 2.89. The lowest BCUT2D eigenvalue weighted by atomic mass is 9.92. The third-order valence-electron chi connectivity index (χ3n) is 3.91. The standard InChI is InChI=1S/C15H20FNO3/c16-13-2-3-14(18)12(9-13)10-17-7-5-11(6-8-17)1-4-15(19)20/h2-3,9,11,18H,1,4-8,10H2,(H,19,20). The molecule has 0 saturated carbocycles. The summed E-state index contributed by atoms with van der Waals surface area (Å²) < 4.78 is 13.2. The second-order valence-electron chi connectivity index (χ2n) is 5.42. The van der Waals surface area contributed by atoms with Crippen molar-refractivity contribution in [3.63, 3.8) is 0 Å². The number of likely N-dealkylation sites (tertiary alicyclic amines) is 1. The maximum absolute atomic E-state index is 13.2. The molecule has 1 aliphatic rings. The number of nitrogens with zero attached hydrogens (tertiary/aromatic N) is 1. The smallest absolute Gasteiger partial charge is 0.303 e. The van der Waals surface area contributed by atoms with Crippen LogP contribution in [0.5, 0.6) is 5.75 Å². The van der Waals surface area contributed by atoms with Gasteiger partial charge in [0.2, 0.25) is 0 Å². The zero-order valence-corrected chi connectivity index (χ0v) is 11.4. The minimum Gasteiger partial charge on any atom is -0.508 e. The topological polar surface area (TPSA) is 60.8 Å². The van der Waals surface area contributed by atoms with Gasteiger partial charge in [-0.2, -0.15) is 0 Å². The van der Waals surface area contributed by atoms with E-state index in [1.807, 2.05) is 0 Å². The minimum atomic E-state index is -0.739. The van der Waals surface area contributed by atoms with Gasteiger partial charge in [-0.15, -0.1) is 0 Å². The number of piperidine rings is 1. The molecule has 0 radical (unpaired) electrons. The predicted molar refractivity (Wildman–Crippen MR) is 72.9 cm³/mol. The molecule has 5 heteroatoms. The summed E-state index contributed by atoms with van der Waals surface area (Å²) in [5.74, 6) is -0.492. The van der Waals surface area contributed by atoms with Gasteiger partial charge in [-0.1, -0.05) is 0 Å². The highest BCUT2D eigenvalue weighted by Crippen LogP contribution is 2.25. The fourth-order valence-electron chi connectivity index (χ4n) is 2.68. The molecule has 20 heavy (non-hydrogen) atoms. The van der Waals surface area contributed by atoms with Crippen LogP contribution in [0.25, 0.3) is 0 Å². The molecular formula is C15H20FNO3. The van der Waals surface area contributed by atoms with Gasteiger partial charge in [-0.3, -0.25) is 9.69 Å². The first-order valence-corrected chi connectivity index (χ1v) is 6.96. The van der Waals surface area contributed by atoms with Gasteiger partial charge in [0, 0.05) is 18.5 Å². The summed E-state index contributed by atoms with van der Waals surface area (Å²) in [7, 11) is 0. The summed E-state index contributed by atoms with van der Waals surface area (Å²) >= 11 is 0. The number of carboxylic acid groups (broad SMARTS) is 1. The van der Waals surface area contributed by atoms with E-state index >= 15 is 0 Å². The zero-order valence-electron chi connectivity index (χ0n) is 11.4. The molecule has 1 heterocycles. The van der Waals surface area contributed by atoms with Crippen molar-refractivity contribution in [2.75, 3.05) is 13.1 Å². The maximum Gasteiger partial charge on any atom is 0.303 e. The van der Waals surface area contributed by atoms with Crippen LogP contribution in [0.4, 0.5) is 4.39 Å². The molecule has 0 bridgehead atoms. The van der Waals surface area contributed by atoms with Crippen LogP contribution in [0.15, 0.2) is 18.2 Å². The molecule has 0 aliphatic carbocycles. The number of carbonyl (C=O) groups is 1. The van der Waals surface area contributed by atoms with Gasteiger partial charge >= 0.3 is 5.97 Å². The number of phenols is 1. The molecule has 0 aromatic heterocycles. The summed E-state index contributed by atoms with van der Waals surface area (Å²) in [5.41, 5.74) is 0.606. The van der Waals surface area contributed by atoms with E-state index < -0.39 is 5.97 Å². The molecule has 1 aromatic rings. The van der Waals surface area contributed by atoms with Crippen molar-refractivity contribution in [2.24, 2.45) is 5.92 Å². The van der Waals surface area contributed by atoms with Crippen LogP contribution >= 0.6 is 0 Å². The third-order valence-corrected chi connectivity index (χ3v) is 3.91. The predicted octanol–water partition coefficient (Wildman–Crippen LogP) is 2.61. The van der Waals surface area contributed by atoms with Gasteiger partial charge in [0.15, 0.2) is 0 Å². The molecule has 0 atom stereocenters. The Bertz CT molecular complexity index is 470. The SMILES string of the molecule is O=C(O)CCC1CCN(Cc2cc(F)ccc2O)CC1. The third kappa shape index (κ3) is 4.20. The molecule has 2 N–H and O–H groups in total. The average molecular weight is 281 g/mol. The highest BCUT2D eigenvalue weighted by atomic mass is 19.1. The Morgan fingerprint density at radius 1 is 1.35 bits per heavy atom. The van der Waals surface area contributed by atoms with E-state index in [0.717, 1.165) is 32.4 Å². The largest absolute Gasteiger partial charge is 0.508 e. The normalized spacial score (nSPS) is 17.2. The monoisotopic (exact) mass is 281 g/mol. The van der Waals surface area contributed by atoms with Crippen molar-refractivity contribution in [1.29, 1.82) is 0 Å². The average Bonchev–Trinajstić information content (AvgIpc) is 2.42. The Morgan fingerprint density at radius 3 is 2.70 bits per heavy atom. The first-order valence-electron chi connectivity index (χ1n) is 6.96. The van der Waals surface area contributed by atoms with Crippen molar-refractivity contribution in [1.82, 2.24) is 4.90 Å². The molecular weight excluding hydrogens is 261 g/mol. The van der Waals surface area contributed by atoms with Crippen molar-refractivity contribution in [3.8, 4) is 5.75 Å². The second-order valence-corrected chi connectivity index (χ2v) is 5.42. The Hall–Kier alpha value is -1.62. The molecule has 1 fully saturated rings. The molecule has 1 saturated heterocycles. The van der Waals surface area contributed by atoms with Gasteiger partial charge in [0.25, 0.3) is 0 Å². The van der Waals surface area contributed by atoms with Crippen LogP contribution in [0, 0.1) is 11.7 Å². The number of rotatable bonds is 5. The van der Waals surface area contributed by atoms with Crippen LogP contribution in [0.2, 0.25) is 0 Å². The lowest BCUT2D eigenvalue weighted by Gasteiger charge is -2.31. The van der Waals surface area contributed by atoms with Crippen molar-refractivity contribution >= 4 is 5.97 Å². The van der Waals surface area contributed by atoms with E-state index in [1.54, 1.807) is 0 Å². The quantitative estimate of drug-likeness (QED) is 0.871. The van der Waals surface area contributed by atoms with E-state index in [-0.39, 0.29) is 18.0 Å². The number of carboxylic acids is 1. The van der Waals surface area contributed by atoms with Crippen LogP contribution in [0.1, 0.15) is 31.2 Å². The number of hydrogen-bond acceptors (Lipinski definition) is 3. The van der Waals surface area contributed by atoms with Crippen LogP contribution in [0.3, 0.4) is 0 Å². The molecule has 0 spiro atoms.